The number of carbonyl (C=O) groups excluding carboxylic acids is 3. The van der Waals surface area contributed by atoms with E-state index in [9.17, 15) is 14.4 Å². The molecule has 0 aliphatic carbocycles. The molecule has 0 fully saturated rings. The first-order valence-corrected chi connectivity index (χ1v) is 7.94. The molecule has 0 radical (unpaired) electrons. The van der Waals surface area contributed by atoms with Crippen LogP contribution in [0.2, 0.25) is 10.0 Å². The number of esters is 3. The average Bonchev–Trinajstić information content (AvgIpc) is 2.66. The maximum absolute atomic E-state index is 12.3. The van der Waals surface area contributed by atoms with Crippen LogP contribution in [0.5, 0.6) is 0 Å². The maximum Gasteiger partial charge on any atom is 0.355 e. The van der Waals surface area contributed by atoms with Gasteiger partial charge in [-0.3, -0.25) is 0 Å². The molecule has 0 unspecified atom stereocenters. The summed E-state index contributed by atoms with van der Waals surface area (Å²) in [4.78, 5) is 37.5. The molecule has 26 heavy (non-hydrogen) atoms. The number of ether oxygens (including phenoxy) is 4. The second-order valence-electron chi connectivity index (χ2n) is 4.97. The zero-order valence-electron chi connectivity index (χ0n) is 14.1. The van der Waals surface area contributed by atoms with Crippen LogP contribution in [0.1, 0.15) is 10.4 Å². The number of carbonyl (C=O) groups is 3. The molecule has 0 atom stereocenters. The third kappa shape index (κ3) is 3.62. The van der Waals surface area contributed by atoms with Gasteiger partial charge >= 0.3 is 17.9 Å². The molecule has 140 valence electrons. The molecule has 1 aliphatic heterocycles. The smallest absolute Gasteiger partial charge is 0.355 e. The zero-order chi connectivity index (χ0) is 19.4. The van der Waals surface area contributed by atoms with E-state index in [0.29, 0.717) is 0 Å². The lowest BCUT2D eigenvalue weighted by Crippen LogP contribution is -2.39. The van der Waals surface area contributed by atoms with E-state index in [1.165, 1.54) is 31.3 Å². The molecule has 2 rings (SSSR count). The quantitative estimate of drug-likeness (QED) is 0.557. The second-order valence-corrected chi connectivity index (χ2v) is 5.75. The Morgan fingerprint density at radius 1 is 1.00 bits per heavy atom. The average molecular weight is 404 g/mol. The van der Waals surface area contributed by atoms with Gasteiger partial charge in [0.2, 0.25) is 0 Å². The molecule has 10 heteroatoms. The van der Waals surface area contributed by atoms with Crippen LogP contribution in [0.3, 0.4) is 0 Å². The summed E-state index contributed by atoms with van der Waals surface area (Å²) in [6, 6.07) is 2.80. The van der Waals surface area contributed by atoms with Gasteiger partial charge in [0, 0.05) is 0 Å². The summed E-state index contributed by atoms with van der Waals surface area (Å²) < 4.78 is 19.5. The highest BCUT2D eigenvalue weighted by molar-refractivity contribution is 6.41. The van der Waals surface area contributed by atoms with Crippen molar-refractivity contribution in [1.82, 2.24) is 0 Å². The van der Waals surface area contributed by atoms with Crippen LogP contribution in [0.25, 0.3) is 0 Å². The standard InChI is InChI=1S/C16H15Cl2NO7/c1-23-14(20)8-4-5-10(17)13(11(8)18)19-7-26-6-9(15(21)24-2)12(19)16(22)25-3/h4-5H,6-7H2,1-3H3. The molecular formula is C16H15Cl2NO7. The van der Waals surface area contributed by atoms with Gasteiger partial charge in [0.15, 0.2) is 0 Å². The van der Waals surface area contributed by atoms with Gasteiger partial charge in [-0.1, -0.05) is 23.2 Å². The highest BCUT2D eigenvalue weighted by Gasteiger charge is 2.35. The third-order valence-electron chi connectivity index (χ3n) is 3.58. The summed E-state index contributed by atoms with van der Waals surface area (Å²) in [6.07, 6.45) is 0. The number of hydrogen-bond acceptors (Lipinski definition) is 8. The zero-order valence-corrected chi connectivity index (χ0v) is 15.6. The van der Waals surface area contributed by atoms with Crippen molar-refractivity contribution in [1.29, 1.82) is 0 Å². The fraction of sp³-hybridized carbons (Fsp3) is 0.312. The Bertz CT molecular complexity index is 791. The van der Waals surface area contributed by atoms with Gasteiger partial charge in [-0.2, -0.15) is 0 Å². The first-order chi connectivity index (χ1) is 12.4. The molecule has 1 aromatic rings. The number of nitrogens with zero attached hydrogens (tertiary/aromatic N) is 1. The topological polar surface area (TPSA) is 91.4 Å². The van der Waals surface area contributed by atoms with Crippen molar-refractivity contribution in [2.75, 3.05) is 39.6 Å². The van der Waals surface area contributed by atoms with Crippen molar-refractivity contribution in [2.24, 2.45) is 0 Å². The van der Waals surface area contributed by atoms with Crippen LogP contribution >= 0.6 is 23.2 Å². The first-order valence-electron chi connectivity index (χ1n) is 7.18. The van der Waals surface area contributed by atoms with Gasteiger partial charge < -0.3 is 23.8 Å². The van der Waals surface area contributed by atoms with E-state index in [2.05, 4.69) is 9.47 Å². The van der Waals surface area contributed by atoms with E-state index in [0.717, 1.165) is 7.11 Å². The lowest BCUT2D eigenvalue weighted by atomic mass is 10.1. The van der Waals surface area contributed by atoms with Gasteiger partial charge in [-0.25, -0.2) is 14.4 Å². The van der Waals surface area contributed by atoms with Gasteiger partial charge in [0.25, 0.3) is 0 Å². The molecule has 0 bridgehead atoms. The number of anilines is 1. The van der Waals surface area contributed by atoms with Crippen molar-refractivity contribution >= 4 is 46.8 Å². The molecule has 0 spiro atoms. The van der Waals surface area contributed by atoms with Crippen LogP contribution in [0, 0.1) is 0 Å². The van der Waals surface area contributed by atoms with Crippen molar-refractivity contribution in [2.45, 2.75) is 0 Å². The number of benzene rings is 1. The normalized spacial score (nSPS) is 14.1. The number of methoxy groups -OCH3 is 3. The molecule has 8 nitrogen and oxygen atoms in total. The van der Waals surface area contributed by atoms with E-state index in [1.54, 1.807) is 0 Å². The summed E-state index contributed by atoms with van der Waals surface area (Å²) in [6.45, 7) is -0.325. The highest BCUT2D eigenvalue weighted by Crippen LogP contribution is 2.40. The summed E-state index contributed by atoms with van der Waals surface area (Å²) in [5, 5.41) is 0.0549. The number of halogens is 2. The second kappa shape index (κ2) is 8.39. The SMILES string of the molecule is COC(=O)C1=C(C(=O)OC)N(c2c(Cl)ccc(C(=O)OC)c2Cl)COC1. The molecule has 1 aromatic carbocycles. The summed E-state index contributed by atoms with van der Waals surface area (Å²) in [5.74, 6) is -2.28. The minimum Gasteiger partial charge on any atom is -0.466 e. The Balaban J connectivity index is 2.71. The van der Waals surface area contributed by atoms with Crippen molar-refractivity contribution in [3.05, 3.63) is 39.0 Å². The van der Waals surface area contributed by atoms with Crippen molar-refractivity contribution < 1.29 is 33.3 Å². The van der Waals surface area contributed by atoms with Gasteiger partial charge in [0.1, 0.15) is 12.4 Å². The Morgan fingerprint density at radius 2 is 1.62 bits per heavy atom. The number of rotatable bonds is 4. The molecule has 0 saturated heterocycles. The highest BCUT2D eigenvalue weighted by atomic mass is 35.5. The van der Waals surface area contributed by atoms with E-state index in [1.807, 2.05) is 0 Å². The Morgan fingerprint density at radius 3 is 2.19 bits per heavy atom. The Kier molecular flexibility index (Phi) is 6.47. The van der Waals surface area contributed by atoms with E-state index in [-0.39, 0.29) is 45.9 Å². The molecule has 0 N–H and O–H groups in total. The maximum atomic E-state index is 12.3. The first kappa shape index (κ1) is 20.0. The predicted octanol–water partition coefficient (Wildman–Crippen LogP) is 2.17. The van der Waals surface area contributed by atoms with Crippen molar-refractivity contribution in [3.8, 4) is 0 Å². The summed E-state index contributed by atoms with van der Waals surface area (Å²) in [7, 11) is 3.53. The molecular weight excluding hydrogens is 389 g/mol. The van der Waals surface area contributed by atoms with Gasteiger partial charge in [-0.05, 0) is 12.1 Å². The van der Waals surface area contributed by atoms with Crippen molar-refractivity contribution in [3.63, 3.8) is 0 Å². The Hall–Kier alpha value is -2.29. The fourth-order valence-corrected chi connectivity index (χ4v) is 3.03. The lowest BCUT2D eigenvalue weighted by molar-refractivity contribution is -0.140. The largest absolute Gasteiger partial charge is 0.466 e. The fourth-order valence-electron chi connectivity index (χ4n) is 2.38. The monoisotopic (exact) mass is 403 g/mol. The minimum atomic E-state index is -0.815. The minimum absolute atomic E-state index is 0.0305. The molecule has 1 aliphatic rings. The van der Waals surface area contributed by atoms with E-state index < -0.39 is 17.9 Å². The molecule has 1 heterocycles. The van der Waals surface area contributed by atoms with Crippen LogP contribution in [0.15, 0.2) is 23.4 Å². The van der Waals surface area contributed by atoms with Crippen LogP contribution in [-0.4, -0.2) is 52.6 Å². The van der Waals surface area contributed by atoms with Crippen LogP contribution in [0.4, 0.5) is 5.69 Å². The van der Waals surface area contributed by atoms with Gasteiger partial charge in [-0.15, -0.1) is 0 Å². The van der Waals surface area contributed by atoms with Crippen LogP contribution in [-0.2, 0) is 28.5 Å². The summed E-state index contributed by atoms with van der Waals surface area (Å²) >= 11 is 12.6. The summed E-state index contributed by atoms with van der Waals surface area (Å²) in [5.41, 5.74) is -0.0849. The molecule has 0 amide bonds. The van der Waals surface area contributed by atoms with Gasteiger partial charge in [0.05, 0.1) is 54.8 Å². The van der Waals surface area contributed by atoms with E-state index in [4.69, 9.17) is 32.7 Å². The molecule has 0 saturated carbocycles. The molecule has 0 aromatic heterocycles. The Labute approximate surface area is 159 Å². The predicted molar refractivity (Wildman–Crippen MR) is 92.2 cm³/mol. The van der Waals surface area contributed by atoms with Crippen LogP contribution < -0.4 is 4.90 Å². The number of hydrogen-bond donors (Lipinski definition) is 0. The third-order valence-corrected chi connectivity index (χ3v) is 4.26. The lowest BCUT2D eigenvalue weighted by Gasteiger charge is -2.32. The van der Waals surface area contributed by atoms with E-state index >= 15 is 0 Å².